The van der Waals surface area contributed by atoms with E-state index in [9.17, 15) is 0 Å². The number of rotatable bonds is 3. The van der Waals surface area contributed by atoms with Crippen molar-refractivity contribution < 1.29 is 4.74 Å². The van der Waals surface area contributed by atoms with E-state index in [0.29, 0.717) is 0 Å². The molecule has 0 atom stereocenters. The standard InChI is InChI=1S/C23H24BN5O/c1-2-10-28(9-1)17-5-7-19-21(13-17)30-22-14-18(29-11-3-4-12-29)6-8-20(22)24(19)23-26-15-25-16-27-23/h5-8,13-16H,1-4,9-12H2. The summed E-state index contributed by atoms with van der Waals surface area (Å²) in [6.45, 7) is 4.42. The van der Waals surface area contributed by atoms with Gasteiger partial charge in [0.15, 0.2) is 0 Å². The molecule has 0 unspecified atom stereocenters. The van der Waals surface area contributed by atoms with Crippen molar-refractivity contribution in [2.75, 3.05) is 36.0 Å². The Labute approximate surface area is 177 Å². The molecule has 6 rings (SSSR count). The van der Waals surface area contributed by atoms with E-state index in [-0.39, 0.29) is 6.71 Å². The van der Waals surface area contributed by atoms with Crippen LogP contribution in [0.1, 0.15) is 25.7 Å². The quantitative estimate of drug-likeness (QED) is 0.491. The monoisotopic (exact) mass is 397 g/mol. The molecular formula is C23H24BN5O. The topological polar surface area (TPSA) is 54.4 Å². The fourth-order valence-corrected chi connectivity index (χ4v) is 5.01. The Morgan fingerprint density at radius 2 is 1.20 bits per heavy atom. The minimum atomic E-state index is -0.0491. The average Bonchev–Trinajstić information content (AvgIpc) is 3.52. The van der Waals surface area contributed by atoms with Gasteiger partial charge in [0.1, 0.15) is 29.9 Å². The molecule has 150 valence electrons. The Morgan fingerprint density at radius 3 is 1.70 bits per heavy atom. The van der Waals surface area contributed by atoms with Gasteiger partial charge in [-0.2, -0.15) is 0 Å². The van der Waals surface area contributed by atoms with Crippen LogP contribution in [0.25, 0.3) is 0 Å². The zero-order valence-corrected chi connectivity index (χ0v) is 17.0. The molecule has 2 aromatic carbocycles. The van der Waals surface area contributed by atoms with E-state index in [1.54, 1.807) is 12.7 Å². The van der Waals surface area contributed by atoms with Gasteiger partial charge in [0.05, 0.1) is 0 Å². The van der Waals surface area contributed by atoms with Crippen LogP contribution in [-0.4, -0.2) is 47.8 Å². The number of aromatic nitrogens is 3. The van der Waals surface area contributed by atoms with E-state index in [0.717, 1.165) is 54.3 Å². The van der Waals surface area contributed by atoms with Crippen molar-refractivity contribution in [1.82, 2.24) is 15.0 Å². The molecule has 6 nitrogen and oxygen atoms in total. The summed E-state index contributed by atoms with van der Waals surface area (Å²) in [5, 5.41) is 0. The van der Waals surface area contributed by atoms with Gasteiger partial charge in [0.2, 0.25) is 0 Å². The van der Waals surface area contributed by atoms with Crippen molar-refractivity contribution in [3.05, 3.63) is 49.1 Å². The molecule has 4 heterocycles. The first kappa shape index (κ1) is 17.7. The van der Waals surface area contributed by atoms with Gasteiger partial charge in [0.25, 0.3) is 6.71 Å². The zero-order valence-electron chi connectivity index (χ0n) is 17.0. The Hall–Kier alpha value is -3.09. The molecule has 0 aliphatic carbocycles. The molecule has 0 saturated carbocycles. The molecule has 3 aliphatic rings. The summed E-state index contributed by atoms with van der Waals surface area (Å²) in [5.41, 5.74) is 5.47. The Morgan fingerprint density at radius 1 is 0.700 bits per heavy atom. The first-order valence-corrected chi connectivity index (χ1v) is 10.9. The normalized spacial score (nSPS) is 17.7. The second kappa shape index (κ2) is 7.31. The number of hydrogen-bond acceptors (Lipinski definition) is 6. The van der Waals surface area contributed by atoms with Gasteiger partial charge in [-0.25, -0.2) is 15.0 Å². The lowest BCUT2D eigenvalue weighted by molar-refractivity contribution is 0.487. The van der Waals surface area contributed by atoms with Crippen LogP contribution in [0.4, 0.5) is 11.4 Å². The fraction of sp³-hybridized carbons (Fsp3) is 0.348. The molecule has 3 aromatic rings. The SMILES string of the molecule is c1ncnc(B2c3ccc(N4CCCC4)cc3Oc3cc(N4CCCC4)ccc32)n1. The van der Waals surface area contributed by atoms with Gasteiger partial charge in [-0.05, 0) is 48.7 Å². The molecule has 0 radical (unpaired) electrons. The van der Waals surface area contributed by atoms with Crippen LogP contribution in [-0.2, 0) is 0 Å². The summed E-state index contributed by atoms with van der Waals surface area (Å²) in [6.07, 6.45) is 8.19. The highest BCUT2D eigenvalue weighted by Crippen LogP contribution is 2.32. The van der Waals surface area contributed by atoms with Crippen molar-refractivity contribution >= 4 is 34.7 Å². The number of benzene rings is 2. The smallest absolute Gasteiger partial charge is 0.298 e. The number of fused-ring (bicyclic) bond motifs is 2. The molecule has 0 spiro atoms. The summed E-state index contributed by atoms with van der Waals surface area (Å²) in [5.74, 6) is 1.83. The minimum Gasteiger partial charge on any atom is -0.458 e. The van der Waals surface area contributed by atoms with Gasteiger partial charge >= 0.3 is 0 Å². The van der Waals surface area contributed by atoms with Crippen molar-refractivity contribution in [2.45, 2.75) is 25.7 Å². The van der Waals surface area contributed by atoms with Crippen LogP contribution in [0.15, 0.2) is 49.1 Å². The molecule has 0 N–H and O–H groups in total. The minimum absolute atomic E-state index is 0.0491. The van der Waals surface area contributed by atoms with Gasteiger partial charge in [-0.15, -0.1) is 0 Å². The molecular weight excluding hydrogens is 373 g/mol. The van der Waals surface area contributed by atoms with Crippen molar-refractivity contribution in [1.29, 1.82) is 0 Å². The van der Waals surface area contributed by atoms with Crippen molar-refractivity contribution in [3.63, 3.8) is 0 Å². The highest BCUT2D eigenvalue weighted by Gasteiger charge is 2.35. The third-order valence-electron chi connectivity index (χ3n) is 6.55. The maximum atomic E-state index is 6.51. The van der Waals surface area contributed by atoms with Gasteiger partial charge < -0.3 is 14.5 Å². The first-order chi connectivity index (χ1) is 14.9. The maximum Gasteiger partial charge on any atom is 0.298 e. The second-order valence-corrected chi connectivity index (χ2v) is 8.36. The predicted molar refractivity (Wildman–Crippen MR) is 120 cm³/mol. The molecule has 30 heavy (non-hydrogen) atoms. The molecule has 7 heteroatoms. The van der Waals surface area contributed by atoms with E-state index < -0.39 is 0 Å². The molecule has 2 saturated heterocycles. The third kappa shape index (κ3) is 3.00. The van der Waals surface area contributed by atoms with Crippen LogP contribution in [0.3, 0.4) is 0 Å². The second-order valence-electron chi connectivity index (χ2n) is 8.36. The number of anilines is 2. The van der Waals surface area contributed by atoms with E-state index in [2.05, 4.69) is 61.1 Å². The summed E-state index contributed by atoms with van der Waals surface area (Å²) in [6, 6.07) is 13.2. The van der Waals surface area contributed by atoms with Crippen LogP contribution in [0.2, 0.25) is 0 Å². The third-order valence-corrected chi connectivity index (χ3v) is 6.55. The molecule has 0 amide bonds. The fourth-order valence-electron chi connectivity index (χ4n) is 5.01. The van der Waals surface area contributed by atoms with Gasteiger partial charge in [0, 0.05) is 49.7 Å². The number of ether oxygens (including phenoxy) is 1. The molecule has 0 bridgehead atoms. The average molecular weight is 397 g/mol. The summed E-state index contributed by atoms with van der Waals surface area (Å²) in [4.78, 5) is 17.9. The highest BCUT2D eigenvalue weighted by molar-refractivity contribution is 6.96. The Bertz CT molecular complexity index is 999. The lowest BCUT2D eigenvalue weighted by Gasteiger charge is -2.29. The maximum absolute atomic E-state index is 6.51. The van der Waals surface area contributed by atoms with E-state index in [1.165, 1.54) is 37.1 Å². The lowest BCUT2D eigenvalue weighted by Crippen LogP contribution is -2.57. The lowest BCUT2D eigenvalue weighted by atomic mass is 9.38. The number of hydrogen-bond donors (Lipinski definition) is 0. The zero-order chi connectivity index (χ0) is 19.9. The summed E-state index contributed by atoms with van der Waals surface area (Å²) >= 11 is 0. The van der Waals surface area contributed by atoms with Gasteiger partial charge in [-0.1, -0.05) is 12.1 Å². The van der Waals surface area contributed by atoms with E-state index >= 15 is 0 Å². The summed E-state index contributed by atoms with van der Waals surface area (Å²) < 4.78 is 6.51. The first-order valence-electron chi connectivity index (χ1n) is 10.9. The highest BCUT2D eigenvalue weighted by atomic mass is 16.5. The Kier molecular flexibility index (Phi) is 4.32. The van der Waals surface area contributed by atoms with Crippen LogP contribution in [0, 0.1) is 0 Å². The number of nitrogens with zero attached hydrogens (tertiary/aromatic N) is 5. The van der Waals surface area contributed by atoms with Crippen LogP contribution >= 0.6 is 0 Å². The van der Waals surface area contributed by atoms with E-state index in [1.807, 2.05) is 0 Å². The molecule has 3 aliphatic heterocycles. The largest absolute Gasteiger partial charge is 0.458 e. The predicted octanol–water partition coefficient (Wildman–Crippen LogP) is 1.69. The summed E-state index contributed by atoms with van der Waals surface area (Å²) in [7, 11) is 0. The molecule has 1 aromatic heterocycles. The van der Waals surface area contributed by atoms with Crippen molar-refractivity contribution in [3.8, 4) is 11.5 Å². The van der Waals surface area contributed by atoms with Crippen molar-refractivity contribution in [2.24, 2.45) is 0 Å². The Balaban J connectivity index is 1.46. The van der Waals surface area contributed by atoms with E-state index in [4.69, 9.17) is 4.74 Å². The van der Waals surface area contributed by atoms with Crippen LogP contribution < -0.4 is 31.2 Å². The molecule has 2 fully saturated rings. The van der Waals surface area contributed by atoms with Gasteiger partial charge in [-0.3, -0.25) is 0 Å². The van der Waals surface area contributed by atoms with Crippen LogP contribution in [0.5, 0.6) is 11.5 Å².